The molecule has 0 atom stereocenters. The second-order valence-electron chi connectivity index (χ2n) is 6.85. The van der Waals surface area contributed by atoms with Crippen LogP contribution in [0.4, 0.5) is 5.13 Å². The predicted molar refractivity (Wildman–Crippen MR) is 112 cm³/mol. The lowest BCUT2D eigenvalue weighted by Crippen LogP contribution is -2.48. The minimum Gasteiger partial charge on any atom is -0.497 e. The molecular weight excluding hydrogens is 374 g/mol. The van der Waals surface area contributed by atoms with Crippen LogP contribution in [-0.4, -0.2) is 56.2 Å². The molecule has 1 aromatic heterocycles. The number of aromatic nitrogens is 1. The number of hydrogen-bond acceptors (Lipinski definition) is 6. The molecule has 0 radical (unpaired) electrons. The van der Waals surface area contributed by atoms with Gasteiger partial charge in [-0.2, -0.15) is 0 Å². The molecule has 6 nitrogen and oxygen atoms in total. The normalized spacial score (nSPS) is 14.4. The molecule has 4 rings (SSSR count). The van der Waals surface area contributed by atoms with Crippen molar-refractivity contribution in [2.24, 2.45) is 0 Å². The maximum atomic E-state index is 12.9. The predicted octanol–water partition coefficient (Wildman–Crippen LogP) is 3.58. The average molecular weight is 398 g/mol. The lowest BCUT2D eigenvalue weighted by molar-refractivity contribution is 0.0746. The average Bonchev–Trinajstić information content (AvgIpc) is 3.16. The first-order chi connectivity index (χ1) is 13.6. The molecule has 1 aliphatic rings. The second kappa shape index (κ2) is 7.67. The van der Waals surface area contributed by atoms with Crippen LogP contribution >= 0.6 is 11.3 Å². The van der Waals surface area contributed by atoms with E-state index in [2.05, 4.69) is 30.0 Å². The number of anilines is 1. The molecule has 0 aliphatic carbocycles. The van der Waals surface area contributed by atoms with E-state index in [0.29, 0.717) is 30.2 Å². The van der Waals surface area contributed by atoms with Crippen molar-refractivity contribution in [3.05, 3.63) is 47.5 Å². The highest BCUT2D eigenvalue weighted by molar-refractivity contribution is 7.22. The Morgan fingerprint density at radius 2 is 1.68 bits per heavy atom. The van der Waals surface area contributed by atoms with Crippen molar-refractivity contribution in [1.29, 1.82) is 0 Å². The molecule has 2 heterocycles. The van der Waals surface area contributed by atoms with E-state index in [4.69, 9.17) is 14.5 Å². The van der Waals surface area contributed by atoms with Gasteiger partial charge in [-0.25, -0.2) is 4.98 Å². The highest BCUT2D eigenvalue weighted by Gasteiger charge is 2.24. The minimum atomic E-state index is -0.00299. The van der Waals surface area contributed by atoms with Crippen LogP contribution in [0.2, 0.25) is 0 Å². The number of hydrogen-bond donors (Lipinski definition) is 0. The Hall–Kier alpha value is -2.80. The van der Waals surface area contributed by atoms with Crippen LogP contribution in [0.5, 0.6) is 11.5 Å². The van der Waals surface area contributed by atoms with E-state index in [0.717, 1.165) is 23.7 Å². The summed E-state index contributed by atoms with van der Waals surface area (Å²) in [6.07, 6.45) is 0. The lowest BCUT2D eigenvalue weighted by atomic mass is 10.1. The number of piperazine rings is 1. The van der Waals surface area contributed by atoms with Gasteiger partial charge in [0.15, 0.2) is 5.13 Å². The Labute approximate surface area is 168 Å². The zero-order valence-electron chi connectivity index (χ0n) is 16.3. The fourth-order valence-electron chi connectivity index (χ4n) is 3.37. The van der Waals surface area contributed by atoms with Crippen LogP contribution in [0.15, 0.2) is 36.4 Å². The third-order valence-electron chi connectivity index (χ3n) is 4.97. The number of aryl methyl sites for hydroxylation is 1. The van der Waals surface area contributed by atoms with Gasteiger partial charge in [0.1, 0.15) is 11.5 Å². The van der Waals surface area contributed by atoms with Gasteiger partial charge in [0, 0.05) is 37.8 Å². The Kier molecular flexibility index (Phi) is 5.09. The number of benzene rings is 2. The summed E-state index contributed by atoms with van der Waals surface area (Å²) < 4.78 is 11.8. The van der Waals surface area contributed by atoms with Crippen molar-refractivity contribution in [2.75, 3.05) is 45.3 Å². The van der Waals surface area contributed by atoms with Crippen LogP contribution in [0.25, 0.3) is 10.2 Å². The molecule has 28 heavy (non-hydrogen) atoms. The second-order valence-corrected chi connectivity index (χ2v) is 7.86. The monoisotopic (exact) mass is 397 g/mol. The van der Waals surface area contributed by atoms with Crippen molar-refractivity contribution in [1.82, 2.24) is 9.88 Å². The number of amides is 1. The molecule has 0 spiro atoms. The molecule has 1 amide bonds. The molecule has 146 valence electrons. The molecule has 0 N–H and O–H groups in total. The summed E-state index contributed by atoms with van der Waals surface area (Å²) >= 11 is 1.71. The molecule has 3 aromatic rings. The standard InChI is InChI=1S/C21H23N3O3S/c1-14-4-5-18-19(10-14)28-21(22-18)24-8-6-23(7-9-24)20(25)15-11-16(26-2)13-17(12-15)27-3/h4-5,10-13H,6-9H2,1-3H3. The number of fused-ring (bicyclic) bond motifs is 1. The first-order valence-electron chi connectivity index (χ1n) is 9.22. The third-order valence-corrected chi connectivity index (χ3v) is 6.05. The van der Waals surface area contributed by atoms with Crippen LogP contribution < -0.4 is 14.4 Å². The number of carbonyl (C=O) groups is 1. The summed E-state index contributed by atoms with van der Waals surface area (Å²) in [6, 6.07) is 11.6. The van der Waals surface area contributed by atoms with Crippen LogP contribution in [0, 0.1) is 6.92 Å². The molecule has 1 fully saturated rings. The molecule has 7 heteroatoms. The summed E-state index contributed by atoms with van der Waals surface area (Å²) in [4.78, 5) is 21.8. The lowest BCUT2D eigenvalue weighted by Gasteiger charge is -2.34. The number of nitrogens with zero attached hydrogens (tertiary/aromatic N) is 3. The van der Waals surface area contributed by atoms with E-state index in [-0.39, 0.29) is 5.91 Å². The van der Waals surface area contributed by atoms with Crippen molar-refractivity contribution < 1.29 is 14.3 Å². The molecule has 0 unspecified atom stereocenters. The van der Waals surface area contributed by atoms with E-state index in [9.17, 15) is 4.79 Å². The van der Waals surface area contributed by atoms with Crippen molar-refractivity contribution in [3.63, 3.8) is 0 Å². The van der Waals surface area contributed by atoms with Gasteiger partial charge in [0.05, 0.1) is 24.4 Å². The van der Waals surface area contributed by atoms with E-state index in [1.54, 1.807) is 43.8 Å². The van der Waals surface area contributed by atoms with Gasteiger partial charge < -0.3 is 19.3 Å². The topological polar surface area (TPSA) is 54.9 Å². The molecule has 1 aliphatic heterocycles. The Morgan fingerprint density at radius 1 is 1.00 bits per heavy atom. The van der Waals surface area contributed by atoms with E-state index < -0.39 is 0 Å². The van der Waals surface area contributed by atoms with Gasteiger partial charge in [-0.15, -0.1) is 0 Å². The number of carbonyl (C=O) groups excluding carboxylic acids is 1. The maximum Gasteiger partial charge on any atom is 0.254 e. The van der Waals surface area contributed by atoms with Gasteiger partial charge in [0.2, 0.25) is 0 Å². The van der Waals surface area contributed by atoms with Gasteiger partial charge in [-0.05, 0) is 36.8 Å². The van der Waals surface area contributed by atoms with Crippen molar-refractivity contribution in [3.8, 4) is 11.5 Å². The van der Waals surface area contributed by atoms with Crippen LogP contribution in [0.3, 0.4) is 0 Å². The van der Waals surface area contributed by atoms with Gasteiger partial charge >= 0.3 is 0 Å². The Balaban J connectivity index is 1.46. The van der Waals surface area contributed by atoms with Gasteiger partial charge in [0.25, 0.3) is 5.91 Å². The number of thiazole rings is 1. The zero-order chi connectivity index (χ0) is 19.7. The zero-order valence-corrected chi connectivity index (χ0v) is 17.1. The van der Waals surface area contributed by atoms with Crippen LogP contribution in [0.1, 0.15) is 15.9 Å². The molecule has 2 aromatic carbocycles. The summed E-state index contributed by atoms with van der Waals surface area (Å²) in [5.74, 6) is 1.23. The van der Waals surface area contributed by atoms with Crippen molar-refractivity contribution in [2.45, 2.75) is 6.92 Å². The largest absolute Gasteiger partial charge is 0.497 e. The quantitative estimate of drug-likeness (QED) is 0.674. The van der Waals surface area contributed by atoms with Crippen LogP contribution in [-0.2, 0) is 0 Å². The first-order valence-corrected chi connectivity index (χ1v) is 10.0. The molecule has 0 bridgehead atoms. The fourth-order valence-corrected chi connectivity index (χ4v) is 4.48. The first kappa shape index (κ1) is 18.6. The Bertz CT molecular complexity index is 987. The number of rotatable bonds is 4. The van der Waals surface area contributed by atoms with E-state index >= 15 is 0 Å². The smallest absolute Gasteiger partial charge is 0.254 e. The highest BCUT2D eigenvalue weighted by Crippen LogP contribution is 2.30. The van der Waals surface area contributed by atoms with Gasteiger partial charge in [-0.1, -0.05) is 17.4 Å². The molecule has 0 saturated carbocycles. The molecule has 1 saturated heterocycles. The summed E-state index contributed by atoms with van der Waals surface area (Å²) in [6.45, 7) is 4.95. The Morgan fingerprint density at radius 3 is 2.32 bits per heavy atom. The molecular formula is C21H23N3O3S. The number of methoxy groups -OCH3 is 2. The fraction of sp³-hybridized carbons (Fsp3) is 0.333. The summed E-state index contributed by atoms with van der Waals surface area (Å²) in [5.41, 5.74) is 2.86. The third kappa shape index (κ3) is 3.62. The van der Waals surface area contributed by atoms with E-state index in [1.807, 2.05) is 4.90 Å². The maximum absolute atomic E-state index is 12.9. The number of ether oxygens (including phenoxy) is 2. The van der Waals surface area contributed by atoms with Gasteiger partial charge in [-0.3, -0.25) is 4.79 Å². The minimum absolute atomic E-state index is 0.00299. The highest BCUT2D eigenvalue weighted by atomic mass is 32.1. The summed E-state index contributed by atoms with van der Waals surface area (Å²) in [7, 11) is 3.17. The van der Waals surface area contributed by atoms with Crippen molar-refractivity contribution >= 4 is 32.6 Å². The SMILES string of the molecule is COc1cc(OC)cc(C(=O)N2CCN(c3nc4ccc(C)cc4s3)CC2)c1. The van der Waals surface area contributed by atoms with E-state index in [1.165, 1.54) is 10.3 Å². The summed E-state index contributed by atoms with van der Waals surface area (Å²) in [5, 5.41) is 1.02.